The second kappa shape index (κ2) is 2.16. The quantitative estimate of drug-likeness (QED) is 0.522. The smallest absolute Gasteiger partial charge is 0.0450 e. The minimum Gasteiger partial charge on any atom is -0.387 e. The zero-order valence-electron chi connectivity index (χ0n) is 6.86. The number of hydrogen-bond donors (Lipinski definition) is 2. The number of hydrogen-bond acceptors (Lipinski definition) is 1. The van der Waals surface area contributed by atoms with Gasteiger partial charge in [0.15, 0.2) is 0 Å². The van der Waals surface area contributed by atoms with E-state index in [4.69, 9.17) is 0 Å². The molecule has 2 nitrogen and oxygen atoms in total. The number of aryl methyl sites for hydroxylation is 1. The zero-order valence-corrected chi connectivity index (χ0v) is 6.86. The molecule has 0 atom stereocenters. The Hall–Kier alpha value is -1.18. The summed E-state index contributed by atoms with van der Waals surface area (Å²) in [7, 11) is 0. The van der Waals surface area contributed by atoms with Gasteiger partial charge in [0.2, 0.25) is 0 Å². The van der Waals surface area contributed by atoms with Gasteiger partial charge >= 0.3 is 0 Å². The summed E-state index contributed by atoms with van der Waals surface area (Å²) in [6.45, 7) is 5.18. The fourth-order valence-electron chi connectivity index (χ4n) is 1.44. The number of rotatable bonds is 0. The molecule has 1 aromatic rings. The zero-order chi connectivity index (χ0) is 7.84. The summed E-state index contributed by atoms with van der Waals surface area (Å²) < 4.78 is 0. The van der Waals surface area contributed by atoms with Gasteiger partial charge in [0.1, 0.15) is 0 Å². The lowest BCUT2D eigenvalue weighted by Crippen LogP contribution is -2.32. The van der Waals surface area contributed by atoms with E-state index in [0.29, 0.717) is 0 Å². The molecule has 0 spiro atoms. The first kappa shape index (κ1) is 6.53. The Balaban J connectivity index is 2.89. The molecular weight excluding hydrogens is 136 g/mol. The molecule has 58 valence electrons. The molecule has 2 N–H and O–H groups in total. The van der Waals surface area contributed by atoms with Crippen molar-refractivity contribution >= 4 is 12.3 Å². The summed E-state index contributed by atoms with van der Waals surface area (Å²) in [4.78, 5) is 3.34. The third-order valence-electron chi connectivity index (χ3n) is 2.25. The molecule has 2 heteroatoms. The third kappa shape index (κ3) is 0.862. The summed E-state index contributed by atoms with van der Waals surface area (Å²) in [5, 5.41) is 5.77. The lowest BCUT2D eigenvalue weighted by atomic mass is 10.2. The van der Waals surface area contributed by atoms with E-state index in [9.17, 15) is 0 Å². The lowest BCUT2D eigenvalue weighted by molar-refractivity contribution is 1.04. The van der Waals surface area contributed by atoms with Gasteiger partial charge in [0.25, 0.3) is 0 Å². The van der Waals surface area contributed by atoms with Crippen molar-refractivity contribution in [3.63, 3.8) is 0 Å². The van der Waals surface area contributed by atoms with E-state index < -0.39 is 0 Å². The maximum atomic E-state index is 3.34. The van der Waals surface area contributed by atoms with Gasteiger partial charge in [-0.25, -0.2) is 0 Å². The van der Waals surface area contributed by atoms with Crippen LogP contribution in [0.4, 0.5) is 0 Å². The molecule has 0 fully saturated rings. The monoisotopic (exact) mass is 148 g/mol. The number of aromatic nitrogens is 1. The highest BCUT2D eigenvalue weighted by Crippen LogP contribution is 1.92. The van der Waals surface area contributed by atoms with Gasteiger partial charge < -0.3 is 10.3 Å². The Morgan fingerprint density at radius 3 is 2.91 bits per heavy atom. The van der Waals surface area contributed by atoms with Crippen molar-refractivity contribution < 1.29 is 0 Å². The number of H-pyrrole nitrogens is 1. The molecule has 0 bridgehead atoms. The predicted molar refractivity (Wildman–Crippen MR) is 46.4 cm³/mol. The molecule has 0 saturated carbocycles. The van der Waals surface area contributed by atoms with Crippen LogP contribution in [0.2, 0.25) is 0 Å². The molecule has 0 aromatic carbocycles. The highest BCUT2D eigenvalue weighted by atomic mass is 14.8. The minimum absolute atomic E-state index is 0.937. The highest BCUT2D eigenvalue weighted by Gasteiger charge is 2.00. The van der Waals surface area contributed by atoms with E-state index in [1.165, 1.54) is 21.8 Å². The first-order chi connectivity index (χ1) is 5.29. The maximum Gasteiger partial charge on any atom is 0.0450 e. The number of fused-ring (bicyclic) bond motifs is 1. The average molecular weight is 148 g/mol. The number of aromatic amines is 1. The summed E-state index contributed by atoms with van der Waals surface area (Å²) in [5.41, 5.74) is 2.62. The van der Waals surface area contributed by atoms with Gasteiger partial charge in [-0.2, -0.15) is 0 Å². The van der Waals surface area contributed by atoms with E-state index in [1.54, 1.807) is 0 Å². The first-order valence-corrected chi connectivity index (χ1v) is 3.88. The Morgan fingerprint density at radius 2 is 2.18 bits per heavy atom. The molecule has 0 radical (unpaired) electrons. The van der Waals surface area contributed by atoms with E-state index in [1.807, 2.05) is 0 Å². The molecule has 0 aliphatic carbocycles. The lowest BCUT2D eigenvalue weighted by Gasteiger charge is -1.97. The molecular formula is C9H12N2. The van der Waals surface area contributed by atoms with Crippen LogP contribution >= 0.6 is 0 Å². The third-order valence-corrected chi connectivity index (χ3v) is 2.25. The van der Waals surface area contributed by atoms with Gasteiger partial charge in [-0.3, -0.25) is 0 Å². The Bertz CT molecular complexity index is 384. The second-order valence-electron chi connectivity index (χ2n) is 2.96. The van der Waals surface area contributed by atoms with E-state index in [-0.39, 0.29) is 0 Å². The van der Waals surface area contributed by atoms with Crippen molar-refractivity contribution in [2.45, 2.75) is 13.8 Å². The highest BCUT2D eigenvalue weighted by molar-refractivity contribution is 5.40. The van der Waals surface area contributed by atoms with Crippen molar-refractivity contribution in [1.29, 1.82) is 0 Å². The fourth-order valence-corrected chi connectivity index (χ4v) is 1.44. The molecule has 0 amide bonds. The van der Waals surface area contributed by atoms with Crippen molar-refractivity contribution in [3.8, 4) is 0 Å². The SMILES string of the molecule is Cc1[nH]c2c(c1C)=CNCC=2. The van der Waals surface area contributed by atoms with Crippen LogP contribution in [0.15, 0.2) is 0 Å². The molecule has 2 rings (SSSR count). The topological polar surface area (TPSA) is 27.8 Å². The minimum atomic E-state index is 0.937. The van der Waals surface area contributed by atoms with Gasteiger partial charge in [-0.1, -0.05) is 0 Å². The van der Waals surface area contributed by atoms with Crippen LogP contribution in [-0.4, -0.2) is 11.5 Å². The molecule has 1 aliphatic heterocycles. The van der Waals surface area contributed by atoms with Crippen molar-refractivity contribution in [3.05, 3.63) is 21.8 Å². The fraction of sp³-hybridized carbons (Fsp3) is 0.333. The molecule has 0 saturated heterocycles. The van der Waals surface area contributed by atoms with Gasteiger partial charge in [-0.05, 0) is 25.5 Å². The van der Waals surface area contributed by atoms with Crippen LogP contribution in [0.1, 0.15) is 11.3 Å². The van der Waals surface area contributed by atoms with Crippen LogP contribution in [0.25, 0.3) is 12.3 Å². The summed E-state index contributed by atoms with van der Waals surface area (Å²) >= 11 is 0. The normalized spacial score (nSPS) is 14.4. The van der Waals surface area contributed by atoms with Crippen molar-refractivity contribution in [2.75, 3.05) is 6.54 Å². The van der Waals surface area contributed by atoms with Gasteiger partial charge in [0, 0.05) is 29.0 Å². The summed E-state index contributed by atoms with van der Waals surface area (Å²) in [6, 6.07) is 0. The standard InChI is InChI=1S/C9H12N2/c1-6-7(2)11-9-3-4-10-5-8(6)9/h3,5,10-11H,4H2,1-2H3. The van der Waals surface area contributed by atoms with E-state index in [2.05, 4.69) is 36.4 Å². The van der Waals surface area contributed by atoms with Crippen molar-refractivity contribution in [1.82, 2.24) is 10.3 Å². The molecule has 1 aromatic heterocycles. The van der Waals surface area contributed by atoms with Crippen molar-refractivity contribution in [2.24, 2.45) is 0 Å². The molecule has 2 heterocycles. The maximum absolute atomic E-state index is 3.34. The Labute approximate surface area is 65.6 Å². The Morgan fingerprint density at radius 1 is 1.36 bits per heavy atom. The van der Waals surface area contributed by atoms with Gasteiger partial charge in [0.05, 0.1) is 0 Å². The van der Waals surface area contributed by atoms with Crippen LogP contribution < -0.4 is 15.9 Å². The first-order valence-electron chi connectivity index (χ1n) is 3.88. The number of nitrogens with one attached hydrogen (secondary N) is 2. The van der Waals surface area contributed by atoms with Gasteiger partial charge in [-0.15, -0.1) is 0 Å². The van der Waals surface area contributed by atoms with Crippen LogP contribution in [0.5, 0.6) is 0 Å². The summed E-state index contributed by atoms with van der Waals surface area (Å²) in [6.07, 6.45) is 4.25. The van der Waals surface area contributed by atoms with Crippen LogP contribution in [-0.2, 0) is 0 Å². The second-order valence-corrected chi connectivity index (χ2v) is 2.96. The predicted octanol–water partition coefficient (Wildman–Crippen LogP) is -0.247. The van der Waals surface area contributed by atoms with E-state index >= 15 is 0 Å². The molecule has 0 unspecified atom stereocenters. The van der Waals surface area contributed by atoms with Crippen LogP contribution in [0.3, 0.4) is 0 Å². The van der Waals surface area contributed by atoms with Crippen LogP contribution in [0, 0.1) is 13.8 Å². The molecule has 1 aliphatic rings. The molecule has 11 heavy (non-hydrogen) atoms. The van der Waals surface area contributed by atoms with E-state index in [0.717, 1.165) is 6.54 Å². The Kier molecular flexibility index (Phi) is 1.28. The average Bonchev–Trinajstić information content (AvgIpc) is 2.30. The largest absolute Gasteiger partial charge is 0.387 e. The summed E-state index contributed by atoms with van der Waals surface area (Å²) in [5.74, 6) is 0.